The van der Waals surface area contributed by atoms with E-state index in [0.717, 1.165) is 5.69 Å². The van der Waals surface area contributed by atoms with E-state index in [1.165, 1.54) is 0 Å². The monoisotopic (exact) mass is 227 g/mol. The van der Waals surface area contributed by atoms with Crippen LogP contribution in [0.15, 0.2) is 18.2 Å². The minimum absolute atomic E-state index is 0.324. The molecule has 4 N–H and O–H groups in total. The van der Waals surface area contributed by atoms with Crippen LogP contribution in [-0.4, -0.2) is 19.3 Å². The number of benzene rings is 1. The number of hydrogen-bond acceptors (Lipinski definition) is 4. The maximum absolute atomic E-state index is 5.14. The van der Waals surface area contributed by atoms with E-state index in [0.29, 0.717) is 16.6 Å². The molecule has 0 saturated carbocycles. The molecule has 0 heterocycles. The predicted molar refractivity (Wildman–Crippen MR) is 63.1 cm³/mol. The molecule has 0 aliphatic rings. The van der Waals surface area contributed by atoms with Gasteiger partial charge in [-0.15, -0.1) is 0 Å². The van der Waals surface area contributed by atoms with Crippen LogP contribution in [0.4, 0.5) is 5.69 Å². The molecule has 0 amide bonds. The molecule has 0 fully saturated rings. The Morgan fingerprint density at radius 1 is 1.20 bits per heavy atom. The Hall–Kier alpha value is -1.53. The summed E-state index contributed by atoms with van der Waals surface area (Å²) in [5.41, 5.74) is 3.07. The molecule has 0 spiro atoms. The molecule has 5 nitrogen and oxygen atoms in total. The van der Waals surface area contributed by atoms with Gasteiger partial charge < -0.3 is 20.2 Å². The highest BCUT2D eigenvalue weighted by atomic mass is 32.1. The summed E-state index contributed by atoms with van der Waals surface area (Å²) in [6.45, 7) is 0. The average Bonchev–Trinajstić information content (AvgIpc) is 2.28. The van der Waals surface area contributed by atoms with E-state index in [2.05, 4.69) is 10.7 Å². The van der Waals surface area contributed by atoms with E-state index in [9.17, 15) is 0 Å². The first-order valence-electron chi connectivity index (χ1n) is 4.20. The van der Waals surface area contributed by atoms with Gasteiger partial charge in [-0.1, -0.05) is 0 Å². The summed E-state index contributed by atoms with van der Waals surface area (Å²) >= 11 is 4.87. The Kier molecular flexibility index (Phi) is 4.14. The fraction of sp³-hybridized carbons (Fsp3) is 0.222. The zero-order chi connectivity index (χ0) is 11.3. The molecule has 0 atom stereocenters. The van der Waals surface area contributed by atoms with Crippen LogP contribution in [0.25, 0.3) is 0 Å². The lowest BCUT2D eigenvalue weighted by molar-refractivity contribution is 0.395. The van der Waals surface area contributed by atoms with Crippen molar-refractivity contribution in [1.82, 2.24) is 5.43 Å². The predicted octanol–water partition coefficient (Wildman–Crippen LogP) is 0.864. The number of ether oxygens (including phenoxy) is 2. The van der Waals surface area contributed by atoms with E-state index < -0.39 is 0 Å². The third-order valence-electron chi connectivity index (χ3n) is 1.74. The molecule has 1 aromatic rings. The standard InChI is InChI=1S/C9H13N3O2S/c1-13-7-3-6(11-9(15)12-10)4-8(5-7)14-2/h3-5H,10H2,1-2H3,(H2,11,12,15). The molecule has 6 heteroatoms. The molecule has 0 aliphatic heterocycles. The van der Waals surface area contributed by atoms with Gasteiger partial charge in [0.1, 0.15) is 11.5 Å². The van der Waals surface area contributed by atoms with Crippen LogP contribution < -0.4 is 26.1 Å². The lowest BCUT2D eigenvalue weighted by atomic mass is 10.3. The Morgan fingerprint density at radius 2 is 1.73 bits per heavy atom. The van der Waals surface area contributed by atoms with Gasteiger partial charge in [-0.2, -0.15) is 0 Å². The lowest BCUT2D eigenvalue weighted by Gasteiger charge is -2.10. The van der Waals surface area contributed by atoms with Crippen LogP contribution in [-0.2, 0) is 0 Å². The largest absolute Gasteiger partial charge is 0.497 e. The SMILES string of the molecule is COc1cc(NC(=S)NN)cc(OC)c1. The molecule has 0 unspecified atom stereocenters. The van der Waals surface area contributed by atoms with Gasteiger partial charge in [0.15, 0.2) is 5.11 Å². The molecule has 1 rings (SSSR count). The highest BCUT2D eigenvalue weighted by molar-refractivity contribution is 7.80. The maximum Gasteiger partial charge on any atom is 0.185 e. The zero-order valence-corrected chi connectivity index (χ0v) is 9.35. The van der Waals surface area contributed by atoms with Gasteiger partial charge in [0.05, 0.1) is 14.2 Å². The van der Waals surface area contributed by atoms with Crippen LogP contribution in [0.2, 0.25) is 0 Å². The van der Waals surface area contributed by atoms with Crippen molar-refractivity contribution in [2.45, 2.75) is 0 Å². The van der Waals surface area contributed by atoms with Crippen molar-refractivity contribution in [1.29, 1.82) is 0 Å². The van der Waals surface area contributed by atoms with E-state index in [4.69, 9.17) is 27.5 Å². The Morgan fingerprint density at radius 3 is 2.13 bits per heavy atom. The molecular weight excluding hydrogens is 214 g/mol. The highest BCUT2D eigenvalue weighted by Gasteiger charge is 2.02. The van der Waals surface area contributed by atoms with Gasteiger partial charge in [0, 0.05) is 23.9 Å². The Labute approximate surface area is 93.5 Å². The van der Waals surface area contributed by atoms with E-state index in [1.807, 2.05) is 0 Å². The van der Waals surface area contributed by atoms with Crippen molar-refractivity contribution in [2.24, 2.45) is 5.84 Å². The molecule has 0 aromatic heterocycles. The van der Waals surface area contributed by atoms with Crippen LogP contribution in [0.3, 0.4) is 0 Å². The van der Waals surface area contributed by atoms with Gasteiger partial charge in [-0.25, -0.2) is 5.84 Å². The topological polar surface area (TPSA) is 68.5 Å². The second-order valence-electron chi connectivity index (χ2n) is 2.70. The maximum atomic E-state index is 5.14. The molecule has 15 heavy (non-hydrogen) atoms. The van der Waals surface area contributed by atoms with Gasteiger partial charge in [0.2, 0.25) is 0 Å². The van der Waals surface area contributed by atoms with Crippen molar-refractivity contribution in [3.8, 4) is 11.5 Å². The van der Waals surface area contributed by atoms with E-state index in [1.54, 1.807) is 32.4 Å². The minimum Gasteiger partial charge on any atom is -0.497 e. The number of methoxy groups -OCH3 is 2. The smallest absolute Gasteiger partial charge is 0.185 e. The van der Waals surface area contributed by atoms with Crippen LogP contribution in [0.1, 0.15) is 0 Å². The van der Waals surface area contributed by atoms with Gasteiger partial charge in [-0.3, -0.25) is 0 Å². The summed E-state index contributed by atoms with van der Waals surface area (Å²) in [6, 6.07) is 5.34. The number of hydrogen-bond donors (Lipinski definition) is 3. The summed E-state index contributed by atoms with van der Waals surface area (Å²) < 4.78 is 10.2. The lowest BCUT2D eigenvalue weighted by Crippen LogP contribution is -2.34. The third kappa shape index (κ3) is 3.26. The number of rotatable bonds is 3. The molecule has 1 aromatic carbocycles. The van der Waals surface area contributed by atoms with E-state index in [-0.39, 0.29) is 0 Å². The van der Waals surface area contributed by atoms with Crippen molar-refractivity contribution < 1.29 is 9.47 Å². The molecule has 0 aliphatic carbocycles. The quantitative estimate of drug-likeness (QED) is 0.404. The number of anilines is 1. The number of nitrogens with two attached hydrogens (primary N) is 1. The van der Waals surface area contributed by atoms with Crippen LogP contribution in [0, 0.1) is 0 Å². The van der Waals surface area contributed by atoms with Gasteiger partial charge in [0.25, 0.3) is 0 Å². The molecule has 0 radical (unpaired) electrons. The van der Waals surface area contributed by atoms with Crippen LogP contribution in [0.5, 0.6) is 11.5 Å². The van der Waals surface area contributed by atoms with E-state index >= 15 is 0 Å². The fourth-order valence-electron chi connectivity index (χ4n) is 1.05. The summed E-state index contributed by atoms with van der Waals surface area (Å²) in [6.07, 6.45) is 0. The molecule has 0 saturated heterocycles. The molecule has 0 bridgehead atoms. The highest BCUT2D eigenvalue weighted by Crippen LogP contribution is 2.25. The van der Waals surface area contributed by atoms with Gasteiger partial charge in [-0.05, 0) is 12.2 Å². The third-order valence-corrected chi connectivity index (χ3v) is 1.96. The normalized spacial score (nSPS) is 9.27. The summed E-state index contributed by atoms with van der Waals surface area (Å²) in [5, 5.41) is 3.20. The summed E-state index contributed by atoms with van der Waals surface area (Å²) in [5.74, 6) is 6.50. The average molecular weight is 227 g/mol. The van der Waals surface area contributed by atoms with Crippen molar-refractivity contribution >= 4 is 23.0 Å². The number of hydrazine groups is 1. The Balaban J connectivity index is 2.91. The number of nitrogens with one attached hydrogen (secondary N) is 2. The molecule has 82 valence electrons. The molecular formula is C9H13N3O2S. The van der Waals surface area contributed by atoms with Crippen molar-refractivity contribution in [2.75, 3.05) is 19.5 Å². The van der Waals surface area contributed by atoms with Crippen LogP contribution >= 0.6 is 12.2 Å². The minimum atomic E-state index is 0.324. The first-order valence-corrected chi connectivity index (χ1v) is 4.61. The second-order valence-corrected chi connectivity index (χ2v) is 3.11. The summed E-state index contributed by atoms with van der Waals surface area (Å²) in [7, 11) is 3.16. The summed E-state index contributed by atoms with van der Waals surface area (Å²) in [4.78, 5) is 0. The fourth-order valence-corrected chi connectivity index (χ4v) is 1.16. The first-order chi connectivity index (χ1) is 7.19. The first kappa shape index (κ1) is 11.5. The second kappa shape index (κ2) is 5.38. The number of thiocarbonyl (C=S) groups is 1. The van der Waals surface area contributed by atoms with Crippen molar-refractivity contribution in [3.05, 3.63) is 18.2 Å². The van der Waals surface area contributed by atoms with Gasteiger partial charge >= 0.3 is 0 Å². The van der Waals surface area contributed by atoms with Crippen molar-refractivity contribution in [3.63, 3.8) is 0 Å². The zero-order valence-electron chi connectivity index (χ0n) is 8.53. The Bertz CT molecular complexity index is 335.